The topological polar surface area (TPSA) is 50.4 Å². The second-order valence-electron chi connectivity index (χ2n) is 8.47. The fraction of sp³-hybridized carbons (Fsp3) is 0.435. The highest BCUT2D eigenvalue weighted by molar-refractivity contribution is 5.96. The van der Waals surface area contributed by atoms with E-state index in [9.17, 15) is 9.18 Å². The molecule has 2 aromatic carbocycles. The molecule has 0 saturated heterocycles. The molecule has 1 aliphatic heterocycles. The summed E-state index contributed by atoms with van der Waals surface area (Å²) in [5.74, 6) is -0.381. The Labute approximate surface area is 177 Å². The van der Waals surface area contributed by atoms with E-state index in [0.29, 0.717) is 12.3 Å². The monoisotopic (exact) mass is 418 g/mol. The van der Waals surface area contributed by atoms with Crippen molar-refractivity contribution in [1.29, 1.82) is 0 Å². The number of rotatable bonds is 4. The summed E-state index contributed by atoms with van der Waals surface area (Å²) >= 11 is 0. The van der Waals surface area contributed by atoms with E-state index in [-0.39, 0.29) is 29.5 Å². The molecule has 1 atom stereocenters. The summed E-state index contributed by atoms with van der Waals surface area (Å²) in [5, 5.41) is 6.21. The van der Waals surface area contributed by atoms with E-state index in [1.165, 1.54) is 6.07 Å². The van der Waals surface area contributed by atoms with Crippen LogP contribution in [0.5, 0.6) is 0 Å². The van der Waals surface area contributed by atoms with E-state index >= 15 is 0 Å². The van der Waals surface area contributed by atoms with Crippen LogP contribution in [-0.2, 0) is 34.4 Å². The summed E-state index contributed by atoms with van der Waals surface area (Å²) in [6, 6.07) is 9.04. The number of hydrogen-bond acceptors (Lipinski definition) is 3. The van der Waals surface area contributed by atoms with Gasteiger partial charge in [-0.05, 0) is 64.6 Å². The van der Waals surface area contributed by atoms with Gasteiger partial charge in [-0.25, -0.2) is 4.39 Å². The van der Waals surface area contributed by atoms with Gasteiger partial charge in [-0.3, -0.25) is 4.79 Å². The van der Waals surface area contributed by atoms with Crippen molar-refractivity contribution in [2.45, 2.75) is 51.2 Å². The van der Waals surface area contributed by atoms with Crippen molar-refractivity contribution in [3.8, 4) is 0 Å². The summed E-state index contributed by atoms with van der Waals surface area (Å²) < 4.78 is 19.9. The SMILES string of the molecule is COCc1ccc2c(c1)CCN[C@H]2C(=O)Nc1cc(F)c2c(c1)CCC2(C)C.Cl. The van der Waals surface area contributed by atoms with Crippen molar-refractivity contribution in [2.75, 3.05) is 19.0 Å². The van der Waals surface area contributed by atoms with Gasteiger partial charge in [0.25, 0.3) is 0 Å². The molecule has 29 heavy (non-hydrogen) atoms. The van der Waals surface area contributed by atoms with Crippen LogP contribution < -0.4 is 10.6 Å². The van der Waals surface area contributed by atoms with Crippen LogP contribution in [0.1, 0.15) is 54.1 Å². The van der Waals surface area contributed by atoms with Gasteiger partial charge in [-0.2, -0.15) is 0 Å². The lowest BCUT2D eigenvalue weighted by Gasteiger charge is -2.27. The van der Waals surface area contributed by atoms with Gasteiger partial charge in [-0.15, -0.1) is 12.4 Å². The van der Waals surface area contributed by atoms with Gasteiger partial charge in [0.05, 0.1) is 6.61 Å². The van der Waals surface area contributed by atoms with Gasteiger partial charge in [0.15, 0.2) is 0 Å². The number of benzene rings is 2. The molecular formula is C23H28ClFN2O2. The van der Waals surface area contributed by atoms with Gasteiger partial charge >= 0.3 is 0 Å². The first kappa shape index (κ1) is 21.8. The van der Waals surface area contributed by atoms with E-state index in [0.717, 1.165) is 53.6 Å². The van der Waals surface area contributed by atoms with Crippen molar-refractivity contribution >= 4 is 24.0 Å². The molecule has 0 aromatic heterocycles. The minimum atomic E-state index is -0.437. The van der Waals surface area contributed by atoms with Gasteiger partial charge in [0.1, 0.15) is 11.9 Å². The second-order valence-corrected chi connectivity index (χ2v) is 8.47. The normalized spacial score (nSPS) is 19.1. The maximum absolute atomic E-state index is 14.7. The van der Waals surface area contributed by atoms with Crippen molar-refractivity contribution in [2.24, 2.45) is 0 Å². The molecule has 0 unspecified atom stereocenters. The number of carbonyl (C=O) groups excluding carboxylic acids is 1. The van der Waals surface area contributed by atoms with Crippen molar-refractivity contribution in [1.82, 2.24) is 5.32 Å². The van der Waals surface area contributed by atoms with E-state index in [1.54, 1.807) is 7.11 Å². The first-order valence-corrected chi connectivity index (χ1v) is 9.87. The molecule has 0 saturated carbocycles. The zero-order valence-corrected chi connectivity index (χ0v) is 17.9. The second kappa shape index (κ2) is 8.42. The highest BCUT2D eigenvalue weighted by Gasteiger charge is 2.33. The van der Waals surface area contributed by atoms with E-state index in [1.807, 2.05) is 18.2 Å². The number of hydrogen-bond donors (Lipinski definition) is 2. The minimum absolute atomic E-state index is 0. The van der Waals surface area contributed by atoms with E-state index in [2.05, 4.69) is 30.5 Å². The predicted octanol–water partition coefficient (Wildman–Crippen LogP) is 4.44. The molecule has 4 rings (SSSR count). The van der Waals surface area contributed by atoms with E-state index in [4.69, 9.17) is 4.74 Å². The molecule has 2 N–H and O–H groups in total. The number of fused-ring (bicyclic) bond motifs is 2. The highest BCUT2D eigenvalue weighted by Crippen LogP contribution is 2.41. The zero-order valence-electron chi connectivity index (χ0n) is 17.1. The lowest BCUT2D eigenvalue weighted by Crippen LogP contribution is -2.38. The fourth-order valence-corrected chi connectivity index (χ4v) is 4.59. The standard InChI is InChI=1S/C23H27FN2O2.ClH/c1-23(2)8-6-16-11-17(12-19(24)20(16)23)26-22(27)21-18-5-4-14(13-28-3)10-15(18)7-9-25-21;/h4-5,10-12,21,25H,6-9,13H2,1-3H3,(H,26,27);1H/t21-;/m1./s1. The van der Waals surface area contributed by atoms with Crippen LogP contribution in [0.2, 0.25) is 0 Å². The molecule has 0 fully saturated rings. The Morgan fingerprint density at radius 3 is 2.79 bits per heavy atom. The largest absolute Gasteiger partial charge is 0.380 e. The Hall–Kier alpha value is -1.95. The van der Waals surface area contributed by atoms with E-state index < -0.39 is 6.04 Å². The smallest absolute Gasteiger partial charge is 0.246 e. The maximum Gasteiger partial charge on any atom is 0.246 e. The third kappa shape index (κ3) is 4.18. The number of halogens is 2. The molecule has 1 heterocycles. The molecule has 0 spiro atoms. The summed E-state index contributed by atoms with van der Waals surface area (Å²) in [5.41, 5.74) is 5.42. The molecule has 0 bridgehead atoms. The first-order chi connectivity index (χ1) is 13.4. The van der Waals surface area contributed by atoms with Crippen molar-refractivity contribution in [3.05, 3.63) is 64.0 Å². The highest BCUT2D eigenvalue weighted by atomic mass is 35.5. The minimum Gasteiger partial charge on any atom is -0.380 e. The number of methoxy groups -OCH3 is 1. The Bertz CT molecular complexity index is 929. The molecule has 0 radical (unpaired) electrons. The Kier molecular flexibility index (Phi) is 6.32. The van der Waals surface area contributed by atoms with Crippen LogP contribution in [0.25, 0.3) is 0 Å². The van der Waals surface area contributed by atoms with Crippen LogP contribution in [-0.4, -0.2) is 19.6 Å². The molecule has 1 amide bonds. The lowest BCUT2D eigenvalue weighted by atomic mass is 9.86. The van der Waals surface area contributed by atoms with Crippen molar-refractivity contribution < 1.29 is 13.9 Å². The fourth-order valence-electron chi connectivity index (χ4n) is 4.59. The number of nitrogens with one attached hydrogen (secondary N) is 2. The van der Waals surface area contributed by atoms with Crippen LogP contribution in [0.15, 0.2) is 30.3 Å². The Balaban J connectivity index is 0.00000240. The number of carbonyl (C=O) groups is 1. The molecule has 1 aliphatic carbocycles. The molecular weight excluding hydrogens is 391 g/mol. The van der Waals surface area contributed by atoms with Crippen molar-refractivity contribution in [3.63, 3.8) is 0 Å². The molecule has 2 aromatic rings. The summed E-state index contributed by atoms with van der Waals surface area (Å²) in [6.07, 6.45) is 2.65. The predicted molar refractivity (Wildman–Crippen MR) is 115 cm³/mol. The number of anilines is 1. The maximum atomic E-state index is 14.7. The summed E-state index contributed by atoms with van der Waals surface area (Å²) in [6.45, 7) is 5.43. The summed E-state index contributed by atoms with van der Waals surface area (Å²) in [7, 11) is 1.67. The van der Waals surface area contributed by atoms with Gasteiger partial charge in [-0.1, -0.05) is 32.0 Å². The third-order valence-corrected chi connectivity index (χ3v) is 5.97. The molecule has 4 nitrogen and oxygen atoms in total. The van der Waals surface area contributed by atoms with Crippen LogP contribution in [0.4, 0.5) is 10.1 Å². The average molecular weight is 419 g/mol. The quantitative estimate of drug-likeness (QED) is 0.771. The Morgan fingerprint density at radius 1 is 1.24 bits per heavy atom. The summed E-state index contributed by atoms with van der Waals surface area (Å²) in [4.78, 5) is 13.0. The number of amides is 1. The van der Waals surface area contributed by atoms with Gasteiger partial charge < -0.3 is 15.4 Å². The average Bonchev–Trinajstić information content (AvgIpc) is 2.96. The van der Waals surface area contributed by atoms with Crippen LogP contribution in [0.3, 0.4) is 0 Å². The van der Waals surface area contributed by atoms with Gasteiger partial charge in [0.2, 0.25) is 5.91 Å². The van der Waals surface area contributed by atoms with Crippen LogP contribution >= 0.6 is 12.4 Å². The number of ether oxygens (including phenoxy) is 1. The molecule has 2 aliphatic rings. The Morgan fingerprint density at radius 2 is 2.03 bits per heavy atom. The number of aryl methyl sites for hydroxylation is 1. The zero-order chi connectivity index (χ0) is 19.9. The van der Waals surface area contributed by atoms with Gasteiger partial charge in [0, 0.05) is 19.3 Å². The first-order valence-electron chi connectivity index (χ1n) is 9.87. The lowest BCUT2D eigenvalue weighted by molar-refractivity contribution is -0.118. The molecule has 6 heteroatoms. The van der Waals surface area contributed by atoms with Crippen LogP contribution in [0, 0.1) is 5.82 Å². The molecule has 156 valence electrons. The third-order valence-electron chi connectivity index (χ3n) is 5.97.